The Morgan fingerprint density at radius 1 is 1.11 bits per heavy atom. The van der Waals surface area contributed by atoms with Gasteiger partial charge in [0.2, 0.25) is 5.91 Å². The predicted molar refractivity (Wildman–Crippen MR) is 71.9 cm³/mol. The Kier molecular flexibility index (Phi) is 3.61. The van der Waals surface area contributed by atoms with Crippen molar-refractivity contribution in [3.63, 3.8) is 0 Å². The number of aromatic nitrogens is 2. The number of hydrogen-bond acceptors (Lipinski definition) is 3. The lowest BCUT2D eigenvalue weighted by Crippen LogP contribution is -2.14. The van der Waals surface area contributed by atoms with Gasteiger partial charge < -0.3 is 10.6 Å². The Balaban J connectivity index is 2.07. The Labute approximate surface area is 110 Å². The van der Waals surface area contributed by atoms with Crippen LogP contribution < -0.4 is 10.6 Å². The Bertz CT molecular complexity index is 601. The van der Waals surface area contributed by atoms with Gasteiger partial charge in [0, 0.05) is 31.3 Å². The highest BCUT2D eigenvalue weighted by Crippen LogP contribution is 2.12. The van der Waals surface area contributed by atoms with Crippen LogP contribution in [0, 0.1) is 0 Å². The van der Waals surface area contributed by atoms with Gasteiger partial charge in [0.25, 0.3) is 5.91 Å². The molecule has 0 aliphatic carbocycles. The Hall–Kier alpha value is -2.63. The van der Waals surface area contributed by atoms with Gasteiger partial charge in [-0.15, -0.1) is 0 Å². The molecular formula is C13H14N4O2. The maximum Gasteiger partial charge on any atom is 0.256 e. The molecule has 0 bridgehead atoms. The molecule has 1 aromatic heterocycles. The molecule has 2 aromatic rings. The fourth-order valence-electron chi connectivity index (χ4n) is 1.59. The Morgan fingerprint density at radius 2 is 1.79 bits per heavy atom. The van der Waals surface area contributed by atoms with E-state index in [-0.39, 0.29) is 11.8 Å². The van der Waals surface area contributed by atoms with Crippen molar-refractivity contribution in [3.8, 4) is 0 Å². The van der Waals surface area contributed by atoms with E-state index in [1.165, 1.54) is 6.92 Å². The zero-order chi connectivity index (χ0) is 13.8. The highest BCUT2D eigenvalue weighted by atomic mass is 16.2. The zero-order valence-electron chi connectivity index (χ0n) is 10.7. The summed E-state index contributed by atoms with van der Waals surface area (Å²) in [5, 5.41) is 9.35. The lowest BCUT2D eigenvalue weighted by Gasteiger charge is -2.06. The molecule has 0 saturated carbocycles. The molecule has 0 unspecified atom stereocenters. The van der Waals surface area contributed by atoms with E-state index in [0.29, 0.717) is 17.1 Å². The van der Waals surface area contributed by atoms with Crippen LogP contribution in [0.15, 0.2) is 36.5 Å². The standard InChI is InChI=1S/C13H14N4O2/c1-9(18)15-11-5-3-10(4-6-11)13(19)16-12-7-8-14-17(12)2/h3-8H,1-2H3,(H,15,18)(H,16,19). The minimum absolute atomic E-state index is 0.146. The molecular weight excluding hydrogens is 244 g/mol. The zero-order valence-corrected chi connectivity index (χ0v) is 10.7. The molecule has 98 valence electrons. The summed E-state index contributed by atoms with van der Waals surface area (Å²) < 4.78 is 1.57. The summed E-state index contributed by atoms with van der Waals surface area (Å²) in [6.45, 7) is 1.43. The van der Waals surface area contributed by atoms with Crippen molar-refractivity contribution >= 4 is 23.3 Å². The molecule has 0 spiro atoms. The van der Waals surface area contributed by atoms with Crippen LogP contribution in [0.2, 0.25) is 0 Å². The molecule has 0 saturated heterocycles. The van der Waals surface area contributed by atoms with Crippen LogP contribution in [0.5, 0.6) is 0 Å². The minimum Gasteiger partial charge on any atom is -0.326 e. The molecule has 6 heteroatoms. The fourth-order valence-corrected chi connectivity index (χ4v) is 1.59. The van der Waals surface area contributed by atoms with E-state index in [2.05, 4.69) is 15.7 Å². The number of amides is 2. The van der Waals surface area contributed by atoms with E-state index >= 15 is 0 Å². The number of anilines is 2. The summed E-state index contributed by atoms with van der Waals surface area (Å²) in [4.78, 5) is 22.8. The summed E-state index contributed by atoms with van der Waals surface area (Å²) in [7, 11) is 1.75. The molecule has 0 radical (unpaired) electrons. The highest BCUT2D eigenvalue weighted by molar-refractivity contribution is 6.04. The second kappa shape index (κ2) is 5.34. The van der Waals surface area contributed by atoms with Crippen LogP contribution in [0.3, 0.4) is 0 Å². The van der Waals surface area contributed by atoms with Gasteiger partial charge in [0.05, 0.1) is 6.20 Å². The van der Waals surface area contributed by atoms with Crippen LogP contribution in [0.25, 0.3) is 0 Å². The molecule has 6 nitrogen and oxygen atoms in total. The van der Waals surface area contributed by atoms with Crippen LogP contribution in [-0.4, -0.2) is 21.6 Å². The van der Waals surface area contributed by atoms with E-state index in [1.54, 1.807) is 48.3 Å². The first-order chi connectivity index (χ1) is 9.06. The van der Waals surface area contributed by atoms with Crippen molar-refractivity contribution in [3.05, 3.63) is 42.1 Å². The summed E-state index contributed by atoms with van der Waals surface area (Å²) >= 11 is 0. The minimum atomic E-state index is -0.224. The third-order valence-electron chi connectivity index (χ3n) is 2.53. The van der Waals surface area contributed by atoms with Gasteiger partial charge in [0.1, 0.15) is 5.82 Å². The number of carbonyl (C=O) groups excluding carboxylic acids is 2. The number of benzene rings is 1. The van der Waals surface area contributed by atoms with Gasteiger partial charge in [-0.1, -0.05) is 0 Å². The normalized spacial score (nSPS) is 10.0. The maximum absolute atomic E-state index is 12.0. The summed E-state index contributed by atoms with van der Waals surface area (Å²) in [6.07, 6.45) is 1.61. The van der Waals surface area contributed by atoms with Crippen molar-refractivity contribution in [1.29, 1.82) is 0 Å². The SMILES string of the molecule is CC(=O)Nc1ccc(C(=O)Nc2ccnn2C)cc1. The fraction of sp³-hybridized carbons (Fsp3) is 0.154. The van der Waals surface area contributed by atoms with Gasteiger partial charge in [-0.05, 0) is 24.3 Å². The van der Waals surface area contributed by atoms with Gasteiger partial charge in [-0.3, -0.25) is 14.3 Å². The number of hydrogen-bond donors (Lipinski definition) is 2. The molecule has 2 rings (SSSR count). The lowest BCUT2D eigenvalue weighted by molar-refractivity contribution is -0.114. The maximum atomic E-state index is 12.0. The van der Waals surface area contributed by atoms with E-state index in [0.717, 1.165) is 0 Å². The van der Waals surface area contributed by atoms with Crippen LogP contribution in [-0.2, 0) is 11.8 Å². The van der Waals surface area contributed by atoms with Crippen LogP contribution in [0.4, 0.5) is 11.5 Å². The van der Waals surface area contributed by atoms with E-state index in [9.17, 15) is 9.59 Å². The average Bonchev–Trinajstić information content (AvgIpc) is 2.75. The van der Waals surface area contributed by atoms with E-state index in [1.807, 2.05) is 0 Å². The quantitative estimate of drug-likeness (QED) is 0.878. The first-order valence-electron chi connectivity index (χ1n) is 5.73. The second-order valence-electron chi connectivity index (χ2n) is 4.05. The molecule has 0 aliphatic rings. The van der Waals surface area contributed by atoms with Gasteiger partial charge in [-0.25, -0.2) is 0 Å². The number of nitrogens with one attached hydrogen (secondary N) is 2. The van der Waals surface area contributed by atoms with Crippen molar-refractivity contribution in [2.45, 2.75) is 6.92 Å². The second-order valence-corrected chi connectivity index (χ2v) is 4.05. The van der Waals surface area contributed by atoms with Gasteiger partial charge >= 0.3 is 0 Å². The van der Waals surface area contributed by atoms with Crippen molar-refractivity contribution < 1.29 is 9.59 Å². The van der Waals surface area contributed by atoms with Crippen LogP contribution in [0.1, 0.15) is 17.3 Å². The summed E-state index contributed by atoms with van der Waals surface area (Å²) in [5.74, 6) is 0.251. The largest absolute Gasteiger partial charge is 0.326 e. The molecule has 19 heavy (non-hydrogen) atoms. The number of rotatable bonds is 3. The van der Waals surface area contributed by atoms with Gasteiger partial charge in [0.15, 0.2) is 0 Å². The number of aryl methyl sites for hydroxylation is 1. The molecule has 1 aromatic carbocycles. The number of nitrogens with zero attached hydrogens (tertiary/aromatic N) is 2. The van der Waals surface area contributed by atoms with Crippen molar-refractivity contribution in [1.82, 2.24) is 9.78 Å². The molecule has 0 atom stereocenters. The third kappa shape index (κ3) is 3.19. The predicted octanol–water partition coefficient (Wildman–Crippen LogP) is 1.63. The van der Waals surface area contributed by atoms with Crippen molar-refractivity contribution in [2.24, 2.45) is 7.05 Å². The molecule has 0 fully saturated rings. The highest BCUT2D eigenvalue weighted by Gasteiger charge is 2.08. The Morgan fingerprint density at radius 3 is 2.32 bits per heavy atom. The molecule has 2 amide bonds. The summed E-state index contributed by atoms with van der Waals surface area (Å²) in [6, 6.07) is 8.37. The molecule has 1 heterocycles. The van der Waals surface area contributed by atoms with Gasteiger partial charge in [-0.2, -0.15) is 5.10 Å². The first kappa shape index (κ1) is 12.8. The lowest BCUT2D eigenvalue weighted by atomic mass is 10.2. The average molecular weight is 258 g/mol. The smallest absolute Gasteiger partial charge is 0.256 e. The third-order valence-corrected chi connectivity index (χ3v) is 2.53. The monoisotopic (exact) mass is 258 g/mol. The molecule has 0 aliphatic heterocycles. The molecule has 2 N–H and O–H groups in total. The summed E-state index contributed by atoms with van der Waals surface area (Å²) in [5.41, 5.74) is 1.17. The van der Waals surface area contributed by atoms with Crippen molar-refractivity contribution in [2.75, 3.05) is 10.6 Å². The number of carbonyl (C=O) groups is 2. The topological polar surface area (TPSA) is 76.0 Å². The van der Waals surface area contributed by atoms with E-state index in [4.69, 9.17) is 0 Å². The first-order valence-corrected chi connectivity index (χ1v) is 5.73. The van der Waals surface area contributed by atoms with Crippen LogP contribution >= 0.6 is 0 Å². The van der Waals surface area contributed by atoms with E-state index < -0.39 is 0 Å².